The first-order valence-electron chi connectivity index (χ1n) is 5.21. The van der Waals surface area contributed by atoms with Gasteiger partial charge in [-0.3, -0.25) is 0 Å². The zero-order valence-corrected chi connectivity index (χ0v) is 9.09. The fraction of sp³-hybridized carbons (Fsp3) is 0.818. The number of rotatable bonds is 3. The van der Waals surface area contributed by atoms with Crippen molar-refractivity contribution in [2.75, 3.05) is 19.6 Å². The van der Waals surface area contributed by atoms with Crippen molar-refractivity contribution in [3.63, 3.8) is 0 Å². The minimum absolute atomic E-state index is 0.395. The Bertz CT molecular complexity index is 173. The van der Waals surface area contributed by atoms with Crippen LogP contribution in [0.25, 0.3) is 0 Å². The highest BCUT2D eigenvalue weighted by Crippen LogP contribution is 2.14. The first-order chi connectivity index (χ1) is 6.09. The minimum atomic E-state index is 0.395. The van der Waals surface area contributed by atoms with Crippen LogP contribution in [-0.2, 0) is 0 Å². The Labute approximate surface area is 81.8 Å². The highest BCUT2D eigenvalue weighted by atomic mass is 15.2. The van der Waals surface area contributed by atoms with Gasteiger partial charge in [0, 0.05) is 25.7 Å². The summed E-state index contributed by atoms with van der Waals surface area (Å²) in [4.78, 5) is 2.47. The van der Waals surface area contributed by atoms with E-state index < -0.39 is 0 Å². The normalized spacial score (nSPS) is 29.2. The molecule has 0 bridgehead atoms. The Morgan fingerprint density at radius 2 is 2.15 bits per heavy atom. The largest absolute Gasteiger partial charge is 0.326 e. The molecule has 0 saturated carbocycles. The maximum Gasteiger partial charge on any atom is 0.0206 e. The van der Waals surface area contributed by atoms with E-state index in [1.54, 1.807) is 0 Å². The van der Waals surface area contributed by atoms with E-state index in [4.69, 9.17) is 5.73 Å². The molecule has 0 aliphatic carbocycles. The summed E-state index contributed by atoms with van der Waals surface area (Å²) in [6, 6.07) is 0.395. The Kier molecular flexibility index (Phi) is 3.94. The molecule has 1 heterocycles. The smallest absolute Gasteiger partial charge is 0.0206 e. The van der Waals surface area contributed by atoms with Crippen LogP contribution in [0.5, 0.6) is 0 Å². The summed E-state index contributed by atoms with van der Waals surface area (Å²) in [5.74, 6) is 0.673. The number of hydrogen-bond donors (Lipinski definition) is 1. The first kappa shape index (κ1) is 10.7. The molecule has 0 radical (unpaired) electrons. The van der Waals surface area contributed by atoms with E-state index in [0.717, 1.165) is 6.54 Å². The highest BCUT2D eigenvalue weighted by molar-refractivity contribution is 4.94. The molecule has 2 N–H and O–H groups in total. The molecule has 2 atom stereocenters. The van der Waals surface area contributed by atoms with Gasteiger partial charge in [0.15, 0.2) is 0 Å². The molecule has 2 nitrogen and oxygen atoms in total. The molecule has 13 heavy (non-hydrogen) atoms. The second-order valence-corrected chi connectivity index (χ2v) is 4.47. The Morgan fingerprint density at radius 1 is 1.46 bits per heavy atom. The van der Waals surface area contributed by atoms with Crippen LogP contribution < -0.4 is 5.73 Å². The van der Waals surface area contributed by atoms with E-state index in [-0.39, 0.29) is 0 Å². The van der Waals surface area contributed by atoms with Crippen LogP contribution in [0.2, 0.25) is 0 Å². The van der Waals surface area contributed by atoms with Gasteiger partial charge in [-0.25, -0.2) is 0 Å². The van der Waals surface area contributed by atoms with Gasteiger partial charge in [-0.2, -0.15) is 0 Å². The molecule has 1 saturated heterocycles. The second kappa shape index (κ2) is 4.77. The monoisotopic (exact) mass is 182 g/mol. The average Bonchev–Trinajstić information content (AvgIpc) is 2.30. The van der Waals surface area contributed by atoms with Gasteiger partial charge in [-0.15, -0.1) is 0 Å². The Hall–Kier alpha value is -0.340. The predicted molar refractivity (Wildman–Crippen MR) is 57.6 cm³/mol. The highest BCUT2D eigenvalue weighted by Gasteiger charge is 2.25. The van der Waals surface area contributed by atoms with Gasteiger partial charge in [0.1, 0.15) is 0 Å². The molecule has 76 valence electrons. The van der Waals surface area contributed by atoms with Crippen molar-refractivity contribution in [1.29, 1.82) is 0 Å². The summed E-state index contributed by atoms with van der Waals surface area (Å²) in [5.41, 5.74) is 7.36. The van der Waals surface area contributed by atoms with Gasteiger partial charge in [0.25, 0.3) is 0 Å². The van der Waals surface area contributed by atoms with E-state index >= 15 is 0 Å². The van der Waals surface area contributed by atoms with Crippen LogP contribution in [0.15, 0.2) is 11.6 Å². The molecule has 0 aromatic heterocycles. The maximum absolute atomic E-state index is 5.94. The number of hydrogen-bond acceptors (Lipinski definition) is 2. The predicted octanol–water partition coefficient (Wildman–Crippen LogP) is 1.62. The van der Waals surface area contributed by atoms with Gasteiger partial charge < -0.3 is 10.6 Å². The first-order valence-corrected chi connectivity index (χ1v) is 5.21. The molecule has 1 fully saturated rings. The lowest BCUT2D eigenvalue weighted by atomic mass is 10.1. The topological polar surface area (TPSA) is 29.3 Å². The van der Waals surface area contributed by atoms with Crippen molar-refractivity contribution >= 4 is 0 Å². The third kappa shape index (κ3) is 3.49. The summed E-state index contributed by atoms with van der Waals surface area (Å²) >= 11 is 0. The van der Waals surface area contributed by atoms with E-state index in [0.29, 0.717) is 12.0 Å². The zero-order chi connectivity index (χ0) is 9.84. The molecule has 2 unspecified atom stereocenters. The molecule has 1 aliphatic rings. The Morgan fingerprint density at radius 3 is 2.62 bits per heavy atom. The molecule has 0 aromatic rings. The molecule has 1 aliphatic heterocycles. The van der Waals surface area contributed by atoms with E-state index in [9.17, 15) is 0 Å². The third-order valence-electron chi connectivity index (χ3n) is 2.74. The lowest BCUT2D eigenvalue weighted by molar-refractivity contribution is 0.333. The van der Waals surface area contributed by atoms with Crippen LogP contribution >= 0.6 is 0 Å². The number of nitrogens with zero attached hydrogens (tertiary/aromatic N) is 1. The van der Waals surface area contributed by atoms with Crippen molar-refractivity contribution in [2.24, 2.45) is 11.7 Å². The second-order valence-electron chi connectivity index (χ2n) is 4.47. The minimum Gasteiger partial charge on any atom is -0.326 e. The molecule has 0 aromatic carbocycles. The van der Waals surface area contributed by atoms with Crippen LogP contribution in [0.3, 0.4) is 0 Å². The van der Waals surface area contributed by atoms with Crippen LogP contribution in [0.1, 0.15) is 27.2 Å². The SMILES string of the molecule is CC(C)=CCCN1CC(C)C(N)C1. The van der Waals surface area contributed by atoms with E-state index in [1.165, 1.54) is 25.1 Å². The lowest BCUT2D eigenvalue weighted by Crippen LogP contribution is -2.28. The van der Waals surface area contributed by atoms with Gasteiger partial charge in [-0.05, 0) is 26.2 Å². The number of nitrogens with two attached hydrogens (primary N) is 1. The molecule has 0 amide bonds. The molecular formula is C11H22N2. The van der Waals surface area contributed by atoms with Crippen LogP contribution in [0.4, 0.5) is 0 Å². The summed E-state index contributed by atoms with van der Waals surface area (Å²) in [5, 5.41) is 0. The third-order valence-corrected chi connectivity index (χ3v) is 2.74. The molecule has 2 heteroatoms. The van der Waals surface area contributed by atoms with Crippen molar-refractivity contribution in [2.45, 2.75) is 33.2 Å². The van der Waals surface area contributed by atoms with Crippen molar-refractivity contribution in [3.05, 3.63) is 11.6 Å². The summed E-state index contributed by atoms with van der Waals surface area (Å²) in [7, 11) is 0. The fourth-order valence-electron chi connectivity index (χ4n) is 1.81. The number of allylic oxidation sites excluding steroid dienone is 1. The van der Waals surface area contributed by atoms with E-state index in [2.05, 4.69) is 31.7 Å². The quantitative estimate of drug-likeness (QED) is 0.672. The van der Waals surface area contributed by atoms with Crippen LogP contribution in [-0.4, -0.2) is 30.6 Å². The van der Waals surface area contributed by atoms with E-state index in [1.807, 2.05) is 0 Å². The molecule has 1 rings (SSSR count). The van der Waals surface area contributed by atoms with Gasteiger partial charge in [0.05, 0.1) is 0 Å². The molecular weight excluding hydrogens is 160 g/mol. The fourth-order valence-corrected chi connectivity index (χ4v) is 1.81. The van der Waals surface area contributed by atoms with Gasteiger partial charge in [0.2, 0.25) is 0 Å². The molecule has 0 spiro atoms. The maximum atomic E-state index is 5.94. The average molecular weight is 182 g/mol. The Balaban J connectivity index is 2.21. The summed E-state index contributed by atoms with van der Waals surface area (Å²) in [6.07, 6.45) is 3.47. The van der Waals surface area contributed by atoms with Gasteiger partial charge >= 0.3 is 0 Å². The summed E-state index contributed by atoms with van der Waals surface area (Å²) in [6.45, 7) is 9.97. The standard InChI is InChI=1S/C11H22N2/c1-9(2)5-4-6-13-7-10(3)11(12)8-13/h5,10-11H,4,6-8,12H2,1-3H3. The van der Waals surface area contributed by atoms with Crippen LogP contribution in [0, 0.1) is 5.92 Å². The summed E-state index contributed by atoms with van der Waals surface area (Å²) < 4.78 is 0. The van der Waals surface area contributed by atoms with Crippen molar-refractivity contribution < 1.29 is 0 Å². The van der Waals surface area contributed by atoms with Gasteiger partial charge in [-0.1, -0.05) is 18.6 Å². The lowest BCUT2D eigenvalue weighted by Gasteiger charge is -2.13. The van der Waals surface area contributed by atoms with Crippen molar-refractivity contribution in [1.82, 2.24) is 4.90 Å². The number of likely N-dealkylation sites (tertiary alicyclic amines) is 1. The zero-order valence-electron chi connectivity index (χ0n) is 9.09. The van der Waals surface area contributed by atoms with Crippen molar-refractivity contribution in [3.8, 4) is 0 Å².